The van der Waals surface area contributed by atoms with Gasteiger partial charge in [-0.1, -0.05) is 18.2 Å². The molecule has 0 saturated carbocycles. The van der Waals surface area contributed by atoms with Crippen molar-refractivity contribution in [3.63, 3.8) is 0 Å². The lowest BCUT2D eigenvalue weighted by molar-refractivity contribution is -0.137. The predicted octanol–water partition coefficient (Wildman–Crippen LogP) is 3.21. The van der Waals surface area contributed by atoms with E-state index in [4.69, 9.17) is 9.47 Å². The van der Waals surface area contributed by atoms with Crippen LogP contribution in [0.3, 0.4) is 0 Å². The van der Waals surface area contributed by atoms with E-state index in [1.165, 1.54) is 12.1 Å². The molecule has 2 fully saturated rings. The first-order valence-electron chi connectivity index (χ1n) is 10.3. The Morgan fingerprint density at radius 3 is 2.45 bits per heavy atom. The van der Waals surface area contributed by atoms with E-state index in [9.17, 15) is 13.2 Å². The van der Waals surface area contributed by atoms with Gasteiger partial charge in [0.1, 0.15) is 0 Å². The van der Waals surface area contributed by atoms with Gasteiger partial charge in [0, 0.05) is 79.5 Å². The fraction of sp³-hybridized carbons (Fsp3) is 0.667. The van der Waals surface area contributed by atoms with Crippen molar-refractivity contribution in [2.24, 2.45) is 4.99 Å². The van der Waals surface area contributed by atoms with E-state index in [1.807, 2.05) is 0 Å². The summed E-state index contributed by atoms with van der Waals surface area (Å²) in [7, 11) is 3.50. The molecule has 2 aliphatic heterocycles. The van der Waals surface area contributed by atoms with Crippen LogP contribution in [-0.4, -0.2) is 81.5 Å². The molecule has 0 unspecified atom stereocenters. The summed E-state index contributed by atoms with van der Waals surface area (Å²) < 4.78 is 50.0. The molecule has 0 amide bonds. The first kappa shape index (κ1) is 26.1. The van der Waals surface area contributed by atoms with Crippen molar-refractivity contribution in [1.29, 1.82) is 0 Å². The number of hydrogen-bond donors (Lipinski definition) is 1. The zero-order valence-corrected chi connectivity index (χ0v) is 20.4. The Morgan fingerprint density at radius 1 is 1.19 bits per heavy atom. The number of halogens is 4. The molecule has 3 rings (SSSR count). The molecule has 2 heterocycles. The zero-order chi connectivity index (χ0) is 21.6. The molecule has 176 valence electrons. The molecule has 0 spiro atoms. The minimum absolute atomic E-state index is 0. The summed E-state index contributed by atoms with van der Waals surface area (Å²) in [6.45, 7) is 5.63. The van der Waals surface area contributed by atoms with Crippen molar-refractivity contribution in [2.45, 2.75) is 31.2 Å². The third kappa shape index (κ3) is 7.19. The zero-order valence-electron chi connectivity index (χ0n) is 18.1. The molecular weight excluding hydrogens is 524 g/mol. The second kappa shape index (κ2) is 11.7. The number of guanidine groups is 1. The first-order chi connectivity index (χ1) is 14.3. The maximum atomic E-state index is 12.9. The first-order valence-corrected chi connectivity index (χ1v) is 10.3. The normalized spacial score (nSPS) is 20.3. The molecule has 0 aliphatic carbocycles. The van der Waals surface area contributed by atoms with Crippen molar-refractivity contribution in [3.8, 4) is 0 Å². The fourth-order valence-electron chi connectivity index (χ4n) is 3.99. The molecule has 0 atom stereocenters. The van der Waals surface area contributed by atoms with Crippen LogP contribution in [0, 0.1) is 0 Å². The molecule has 2 aliphatic rings. The van der Waals surface area contributed by atoms with Gasteiger partial charge in [-0.2, -0.15) is 13.2 Å². The van der Waals surface area contributed by atoms with E-state index >= 15 is 0 Å². The van der Waals surface area contributed by atoms with Crippen LogP contribution >= 0.6 is 24.0 Å². The summed E-state index contributed by atoms with van der Waals surface area (Å²) in [4.78, 5) is 8.77. The van der Waals surface area contributed by atoms with Crippen molar-refractivity contribution in [1.82, 2.24) is 15.1 Å². The van der Waals surface area contributed by atoms with Gasteiger partial charge in [0.2, 0.25) is 0 Å². The number of aliphatic imine (C=N–C) groups is 1. The summed E-state index contributed by atoms with van der Waals surface area (Å²) in [5.41, 5.74) is -0.148. The van der Waals surface area contributed by atoms with Gasteiger partial charge in [0.15, 0.2) is 5.96 Å². The van der Waals surface area contributed by atoms with Gasteiger partial charge >= 0.3 is 6.18 Å². The molecule has 2 saturated heterocycles. The van der Waals surface area contributed by atoms with Crippen LogP contribution in [0.15, 0.2) is 29.3 Å². The molecule has 31 heavy (non-hydrogen) atoms. The standard InChI is InChI=1S/C21H31F3N4O2.HI/c1-25-19(26-16-20(29-2)6-12-30-13-7-20)28-10-8-27(9-11-28)15-17-4-3-5-18(14-17)21(22,23)24;/h3-5,14H,6-13,15-16H2,1-2H3,(H,25,26);1H. The number of methoxy groups -OCH3 is 1. The van der Waals surface area contributed by atoms with Crippen molar-refractivity contribution in [3.05, 3.63) is 35.4 Å². The highest BCUT2D eigenvalue weighted by atomic mass is 127. The van der Waals surface area contributed by atoms with Crippen molar-refractivity contribution >= 4 is 29.9 Å². The highest BCUT2D eigenvalue weighted by molar-refractivity contribution is 14.0. The van der Waals surface area contributed by atoms with Crippen LogP contribution < -0.4 is 5.32 Å². The maximum Gasteiger partial charge on any atom is 0.416 e. The van der Waals surface area contributed by atoms with E-state index in [2.05, 4.69) is 20.1 Å². The highest BCUT2D eigenvalue weighted by Gasteiger charge is 2.33. The number of ether oxygens (including phenoxy) is 2. The van der Waals surface area contributed by atoms with Crippen LogP contribution in [0.5, 0.6) is 0 Å². The summed E-state index contributed by atoms with van der Waals surface area (Å²) in [5, 5.41) is 3.44. The summed E-state index contributed by atoms with van der Waals surface area (Å²) in [5.74, 6) is 0.830. The number of hydrogen-bond acceptors (Lipinski definition) is 4. The van der Waals surface area contributed by atoms with Gasteiger partial charge in [-0.15, -0.1) is 24.0 Å². The molecular formula is C21H32F3IN4O2. The predicted molar refractivity (Wildman–Crippen MR) is 125 cm³/mol. The average molecular weight is 556 g/mol. The number of piperazine rings is 1. The third-order valence-corrected chi connectivity index (χ3v) is 5.95. The van der Waals surface area contributed by atoms with Gasteiger partial charge in [-0.3, -0.25) is 9.89 Å². The van der Waals surface area contributed by atoms with E-state index in [0.717, 1.165) is 51.0 Å². The van der Waals surface area contributed by atoms with Crippen molar-refractivity contribution in [2.75, 3.05) is 60.1 Å². The molecule has 0 radical (unpaired) electrons. The molecule has 1 aromatic carbocycles. The van der Waals surface area contributed by atoms with Crippen molar-refractivity contribution < 1.29 is 22.6 Å². The third-order valence-electron chi connectivity index (χ3n) is 5.95. The maximum absolute atomic E-state index is 12.9. The largest absolute Gasteiger partial charge is 0.416 e. The van der Waals surface area contributed by atoms with Crippen LogP contribution in [0.4, 0.5) is 13.2 Å². The lowest BCUT2D eigenvalue weighted by Gasteiger charge is -2.39. The molecule has 1 N–H and O–H groups in total. The van der Waals surface area contributed by atoms with E-state index in [1.54, 1.807) is 20.2 Å². The minimum Gasteiger partial charge on any atom is -0.381 e. The summed E-state index contributed by atoms with van der Waals surface area (Å²) >= 11 is 0. The Bertz CT molecular complexity index is 719. The van der Waals surface area contributed by atoms with Gasteiger partial charge in [0.05, 0.1) is 11.2 Å². The Morgan fingerprint density at radius 2 is 1.87 bits per heavy atom. The Kier molecular flexibility index (Phi) is 9.84. The minimum atomic E-state index is -4.31. The summed E-state index contributed by atoms with van der Waals surface area (Å²) in [6.07, 6.45) is -2.62. The smallest absolute Gasteiger partial charge is 0.381 e. The molecule has 6 nitrogen and oxygen atoms in total. The average Bonchev–Trinajstić information content (AvgIpc) is 2.75. The van der Waals surface area contributed by atoms with Crippen LogP contribution in [0.1, 0.15) is 24.0 Å². The number of benzene rings is 1. The van der Waals surface area contributed by atoms with E-state index in [0.29, 0.717) is 31.9 Å². The van der Waals surface area contributed by atoms with Crippen LogP contribution in [0.2, 0.25) is 0 Å². The van der Waals surface area contributed by atoms with E-state index in [-0.39, 0.29) is 29.6 Å². The number of alkyl halides is 3. The lowest BCUT2D eigenvalue weighted by atomic mass is 9.94. The molecule has 0 aromatic heterocycles. The van der Waals surface area contributed by atoms with Crippen LogP contribution in [0.25, 0.3) is 0 Å². The topological polar surface area (TPSA) is 49.3 Å². The van der Waals surface area contributed by atoms with Gasteiger partial charge in [0.25, 0.3) is 0 Å². The summed E-state index contributed by atoms with van der Waals surface area (Å²) in [6, 6.07) is 5.58. The monoisotopic (exact) mass is 556 g/mol. The number of nitrogens with one attached hydrogen (secondary N) is 1. The number of nitrogens with zero attached hydrogens (tertiary/aromatic N) is 3. The fourth-order valence-corrected chi connectivity index (χ4v) is 3.99. The Balaban J connectivity index is 0.00000341. The van der Waals surface area contributed by atoms with Gasteiger partial charge in [-0.05, 0) is 11.6 Å². The second-order valence-electron chi connectivity index (χ2n) is 7.86. The van der Waals surface area contributed by atoms with Crippen LogP contribution in [-0.2, 0) is 22.2 Å². The van der Waals surface area contributed by atoms with E-state index < -0.39 is 11.7 Å². The molecule has 10 heteroatoms. The SMILES string of the molecule is CN=C(NCC1(OC)CCOCC1)N1CCN(Cc2cccc(C(F)(F)F)c2)CC1.I. The van der Waals surface area contributed by atoms with Gasteiger partial charge < -0.3 is 19.7 Å². The van der Waals surface area contributed by atoms with Gasteiger partial charge in [-0.25, -0.2) is 0 Å². The highest BCUT2D eigenvalue weighted by Crippen LogP contribution is 2.30. The molecule has 1 aromatic rings. The Labute approximate surface area is 199 Å². The quantitative estimate of drug-likeness (QED) is 0.343. The lowest BCUT2D eigenvalue weighted by Crippen LogP contribution is -2.55. The molecule has 0 bridgehead atoms. The number of rotatable bonds is 5. The second-order valence-corrected chi connectivity index (χ2v) is 7.86. The Hall–Kier alpha value is -1.11.